The summed E-state index contributed by atoms with van der Waals surface area (Å²) in [6.07, 6.45) is 6.28. The highest BCUT2D eigenvalue weighted by Gasteiger charge is 2.47. The number of hydrogen-bond donors (Lipinski definition) is 3. The average molecular weight is 564 g/mol. The summed E-state index contributed by atoms with van der Waals surface area (Å²) in [7, 11) is 0. The van der Waals surface area contributed by atoms with Gasteiger partial charge < -0.3 is 25.1 Å². The second-order valence-electron chi connectivity index (χ2n) is 10.9. The Kier molecular flexibility index (Phi) is 7.73. The normalized spacial score (nSPS) is 28.2. The number of benzene rings is 1. The van der Waals surface area contributed by atoms with Gasteiger partial charge in [-0.15, -0.1) is 11.8 Å². The number of ether oxygens (including phenoxy) is 2. The number of carbonyl (C=O) groups is 1. The fraction of sp³-hybridized carbons (Fsp3) is 0.571. The van der Waals surface area contributed by atoms with Crippen molar-refractivity contribution in [1.82, 2.24) is 15.6 Å². The first-order valence-corrected chi connectivity index (χ1v) is 14.8. The van der Waals surface area contributed by atoms with Crippen LogP contribution in [0.5, 0.6) is 11.5 Å². The Bertz CT molecular complexity index is 1290. The molecule has 1 aromatic carbocycles. The highest BCUT2D eigenvalue weighted by Crippen LogP contribution is 2.51. The number of fused-ring (bicyclic) bond motifs is 1. The van der Waals surface area contributed by atoms with Gasteiger partial charge in [-0.1, -0.05) is 11.6 Å². The predicted octanol–water partition coefficient (Wildman–Crippen LogP) is 5.43. The molecule has 0 radical (unpaired) electrons. The minimum absolute atomic E-state index is 0.0952. The van der Waals surface area contributed by atoms with Gasteiger partial charge in [-0.25, -0.2) is 4.39 Å². The third-order valence-corrected chi connectivity index (χ3v) is 9.27. The molecule has 5 rings (SSSR count). The van der Waals surface area contributed by atoms with Crippen LogP contribution in [0.2, 0.25) is 5.02 Å². The van der Waals surface area contributed by atoms with Crippen LogP contribution >= 0.6 is 23.4 Å². The van der Waals surface area contributed by atoms with E-state index in [2.05, 4.69) is 15.6 Å². The molecule has 7 nitrogen and oxygen atoms in total. The number of aromatic amines is 1. The molecule has 3 aliphatic rings. The van der Waals surface area contributed by atoms with Crippen molar-refractivity contribution in [3.63, 3.8) is 0 Å². The maximum Gasteiger partial charge on any atom is 0.254 e. The van der Waals surface area contributed by atoms with Crippen molar-refractivity contribution in [2.75, 3.05) is 6.26 Å². The minimum Gasteiger partial charge on any atom is -0.448 e. The predicted molar refractivity (Wildman–Crippen MR) is 147 cm³/mol. The van der Waals surface area contributed by atoms with Crippen LogP contribution in [0.1, 0.15) is 72.6 Å². The van der Waals surface area contributed by atoms with Crippen molar-refractivity contribution >= 4 is 29.3 Å². The van der Waals surface area contributed by atoms with Crippen molar-refractivity contribution in [3.8, 4) is 11.5 Å². The topological polar surface area (TPSA) is 92.5 Å². The fourth-order valence-corrected chi connectivity index (χ4v) is 6.79. The lowest BCUT2D eigenvalue weighted by Crippen LogP contribution is -2.51. The molecule has 0 spiro atoms. The Balaban J connectivity index is 1.26. The van der Waals surface area contributed by atoms with Crippen LogP contribution in [-0.2, 0) is 6.54 Å². The molecule has 2 saturated carbocycles. The monoisotopic (exact) mass is 563 g/mol. The van der Waals surface area contributed by atoms with Crippen LogP contribution in [0.4, 0.5) is 4.39 Å². The zero-order chi connectivity index (χ0) is 27.2. The van der Waals surface area contributed by atoms with Crippen LogP contribution in [0.3, 0.4) is 0 Å². The molecule has 0 saturated heterocycles. The van der Waals surface area contributed by atoms with Gasteiger partial charge in [-0.05, 0) is 70.8 Å². The number of hydrogen-bond acceptors (Lipinski definition) is 6. The van der Waals surface area contributed by atoms with E-state index in [-0.39, 0.29) is 23.9 Å². The molecule has 3 N–H and O–H groups in total. The van der Waals surface area contributed by atoms with Crippen molar-refractivity contribution in [2.45, 2.75) is 94.8 Å². The lowest BCUT2D eigenvalue weighted by Gasteiger charge is -2.40. The number of rotatable bonds is 7. The number of H-pyrrole nitrogens is 1. The smallest absolute Gasteiger partial charge is 0.254 e. The average Bonchev–Trinajstić information content (AvgIpc) is 3.24. The van der Waals surface area contributed by atoms with E-state index in [4.69, 9.17) is 21.1 Å². The summed E-state index contributed by atoms with van der Waals surface area (Å²) in [5.74, 6) is -0.0955. The Morgan fingerprint density at radius 3 is 2.50 bits per heavy atom. The Labute approximate surface area is 231 Å². The maximum absolute atomic E-state index is 13.2. The zero-order valence-electron chi connectivity index (χ0n) is 22.2. The van der Waals surface area contributed by atoms with E-state index >= 15 is 0 Å². The molecule has 206 valence electrons. The van der Waals surface area contributed by atoms with Crippen LogP contribution in [-0.4, -0.2) is 41.2 Å². The largest absolute Gasteiger partial charge is 0.448 e. The molecule has 38 heavy (non-hydrogen) atoms. The summed E-state index contributed by atoms with van der Waals surface area (Å²) in [5.41, 5.74) is 2.11. The van der Waals surface area contributed by atoms with Gasteiger partial charge in [0.1, 0.15) is 6.17 Å². The second kappa shape index (κ2) is 10.7. The van der Waals surface area contributed by atoms with Crippen LogP contribution in [0.25, 0.3) is 0 Å². The molecule has 1 aliphatic heterocycles. The van der Waals surface area contributed by atoms with Crippen LogP contribution < -0.4 is 25.7 Å². The van der Waals surface area contributed by atoms with E-state index in [1.807, 2.05) is 33.1 Å². The number of alkyl halides is 1. The van der Waals surface area contributed by atoms with E-state index < -0.39 is 12.0 Å². The molecule has 1 atom stereocenters. The van der Waals surface area contributed by atoms with E-state index in [0.29, 0.717) is 58.1 Å². The zero-order valence-corrected chi connectivity index (χ0v) is 23.8. The summed E-state index contributed by atoms with van der Waals surface area (Å²) in [5, 5.41) is 6.78. The standard InChI is InChI=1S/C28H35ClFN3O4S/c1-14-9-23(38-4)21(27(35)32-14)13-31-26(34)20-12-22(29)25-24(15(20)2)36-28(3,37-25)16-5-7-18(8-6-16)33-19-10-17(30)11-19/h9,12,16-19,33H,5-8,10-11,13H2,1-4H3,(H,31,34)(H,32,35)/t16?,17-,18?,19+,28?. The van der Waals surface area contributed by atoms with E-state index in [1.54, 1.807) is 6.07 Å². The van der Waals surface area contributed by atoms with Crippen molar-refractivity contribution < 1.29 is 18.7 Å². The number of pyridine rings is 1. The van der Waals surface area contributed by atoms with Gasteiger partial charge in [-0.2, -0.15) is 0 Å². The number of aromatic nitrogens is 1. The number of halogens is 2. The molecule has 1 unspecified atom stereocenters. The summed E-state index contributed by atoms with van der Waals surface area (Å²) >= 11 is 8.06. The summed E-state index contributed by atoms with van der Waals surface area (Å²) in [6, 6.07) is 4.19. The molecule has 0 bridgehead atoms. The number of thioether (sulfide) groups is 1. The molecule has 2 aromatic rings. The van der Waals surface area contributed by atoms with Crippen LogP contribution in [0.15, 0.2) is 21.8 Å². The third kappa shape index (κ3) is 5.29. The number of carbonyl (C=O) groups excluding carboxylic acids is 1. The first-order valence-electron chi connectivity index (χ1n) is 13.2. The highest BCUT2D eigenvalue weighted by molar-refractivity contribution is 7.98. The number of aryl methyl sites for hydroxylation is 1. The van der Waals surface area contributed by atoms with Gasteiger partial charge in [0.15, 0.2) is 11.5 Å². The Hall–Kier alpha value is -2.23. The minimum atomic E-state index is -0.875. The van der Waals surface area contributed by atoms with Crippen molar-refractivity contribution in [2.24, 2.45) is 5.92 Å². The molecule has 2 fully saturated rings. The third-order valence-electron chi connectivity index (χ3n) is 8.19. The summed E-state index contributed by atoms with van der Waals surface area (Å²) in [4.78, 5) is 29.3. The van der Waals surface area contributed by atoms with Gasteiger partial charge in [0.05, 0.1) is 5.02 Å². The number of nitrogens with one attached hydrogen (secondary N) is 3. The molecule has 2 heterocycles. The molecular formula is C28H35ClFN3O4S. The first kappa shape index (κ1) is 27.3. The van der Waals surface area contributed by atoms with Crippen molar-refractivity contribution in [1.29, 1.82) is 0 Å². The molecule has 10 heteroatoms. The maximum atomic E-state index is 13.2. The van der Waals surface area contributed by atoms with E-state index in [9.17, 15) is 14.0 Å². The summed E-state index contributed by atoms with van der Waals surface area (Å²) in [6.45, 7) is 5.68. The molecular weight excluding hydrogens is 529 g/mol. The van der Waals surface area contributed by atoms with E-state index in [1.165, 1.54) is 11.8 Å². The fourth-order valence-electron chi connectivity index (χ4n) is 5.85. The second-order valence-corrected chi connectivity index (χ2v) is 12.2. The Morgan fingerprint density at radius 1 is 1.16 bits per heavy atom. The lowest BCUT2D eigenvalue weighted by molar-refractivity contribution is -0.121. The molecule has 2 aliphatic carbocycles. The van der Waals surface area contributed by atoms with Crippen molar-refractivity contribution in [3.05, 3.63) is 49.9 Å². The number of amides is 1. The Morgan fingerprint density at radius 2 is 1.84 bits per heavy atom. The van der Waals surface area contributed by atoms with E-state index in [0.717, 1.165) is 36.3 Å². The molecule has 1 amide bonds. The quantitative estimate of drug-likeness (QED) is 0.389. The van der Waals surface area contributed by atoms with Gasteiger partial charge in [0, 0.05) is 58.7 Å². The summed E-state index contributed by atoms with van der Waals surface area (Å²) < 4.78 is 25.9. The SMILES string of the molecule is CSc1cc(C)[nH]c(=O)c1CNC(=O)c1cc(Cl)c2c(c1C)OC(C)(C1CCC(N[C@H]3C[C@@H](F)C3)CC1)O2. The van der Waals surface area contributed by atoms with Gasteiger partial charge in [0.2, 0.25) is 0 Å². The first-order chi connectivity index (χ1) is 18.1. The lowest BCUT2D eigenvalue weighted by atomic mass is 9.80. The highest BCUT2D eigenvalue weighted by atomic mass is 35.5. The van der Waals surface area contributed by atoms with Gasteiger partial charge in [-0.3, -0.25) is 9.59 Å². The van der Waals surface area contributed by atoms with Crippen LogP contribution in [0, 0.1) is 19.8 Å². The van der Waals surface area contributed by atoms with Gasteiger partial charge >= 0.3 is 0 Å². The molecule has 1 aromatic heterocycles. The van der Waals surface area contributed by atoms with Gasteiger partial charge in [0.25, 0.3) is 17.3 Å².